The van der Waals surface area contributed by atoms with E-state index in [2.05, 4.69) is 27.6 Å². The summed E-state index contributed by atoms with van der Waals surface area (Å²) in [5.41, 5.74) is 1.66. The second-order valence-corrected chi connectivity index (χ2v) is 4.93. The van der Waals surface area contributed by atoms with Crippen molar-refractivity contribution in [2.75, 3.05) is 13.2 Å². The Morgan fingerprint density at radius 2 is 2.20 bits per heavy atom. The highest BCUT2D eigenvalue weighted by molar-refractivity contribution is 5.92. The third-order valence-corrected chi connectivity index (χ3v) is 3.61. The molecular weight excluding hydrogens is 254 g/mol. The van der Waals surface area contributed by atoms with Gasteiger partial charge < -0.3 is 10.1 Å². The molecule has 0 saturated carbocycles. The van der Waals surface area contributed by atoms with E-state index in [1.165, 1.54) is 5.56 Å². The van der Waals surface area contributed by atoms with Crippen molar-refractivity contribution in [1.29, 1.82) is 0 Å². The van der Waals surface area contributed by atoms with E-state index in [9.17, 15) is 4.79 Å². The van der Waals surface area contributed by atoms with Gasteiger partial charge in [0, 0.05) is 25.3 Å². The van der Waals surface area contributed by atoms with E-state index in [0.717, 1.165) is 13.0 Å². The molecule has 104 valence electrons. The number of rotatable bonds is 4. The lowest BCUT2D eigenvalue weighted by Gasteiger charge is -2.19. The van der Waals surface area contributed by atoms with E-state index >= 15 is 0 Å². The quantitative estimate of drug-likeness (QED) is 0.892. The number of aromatic amines is 1. The van der Waals surface area contributed by atoms with Gasteiger partial charge in [-0.05, 0) is 18.1 Å². The first-order chi connectivity index (χ1) is 9.84. The summed E-state index contributed by atoms with van der Waals surface area (Å²) in [5.74, 6) is 0.186. The Balaban J connectivity index is 1.61. The third-order valence-electron chi connectivity index (χ3n) is 3.61. The number of carbonyl (C=O) groups excluding carboxylic acids is 1. The highest BCUT2D eigenvalue weighted by Crippen LogP contribution is 2.33. The van der Waals surface area contributed by atoms with Gasteiger partial charge in [-0.3, -0.25) is 9.89 Å². The predicted octanol–water partition coefficient (Wildman–Crippen LogP) is 1.92. The fourth-order valence-corrected chi connectivity index (χ4v) is 2.56. The fraction of sp³-hybridized carbons (Fsp3) is 0.333. The molecule has 0 radical (unpaired) electrons. The average molecular weight is 271 g/mol. The molecule has 1 fully saturated rings. The molecule has 2 heterocycles. The normalized spacial score (nSPS) is 21.8. The molecule has 1 aliphatic heterocycles. The van der Waals surface area contributed by atoms with Gasteiger partial charge in [0.25, 0.3) is 5.91 Å². The summed E-state index contributed by atoms with van der Waals surface area (Å²) in [6, 6.07) is 11.8. The van der Waals surface area contributed by atoms with Crippen LogP contribution in [-0.4, -0.2) is 29.3 Å². The van der Waals surface area contributed by atoms with Crippen LogP contribution < -0.4 is 5.32 Å². The van der Waals surface area contributed by atoms with Crippen molar-refractivity contribution in [1.82, 2.24) is 15.5 Å². The minimum Gasteiger partial charge on any atom is -0.373 e. The zero-order valence-corrected chi connectivity index (χ0v) is 11.1. The second kappa shape index (κ2) is 5.88. The molecule has 1 aromatic heterocycles. The topological polar surface area (TPSA) is 67.0 Å². The number of H-pyrrole nitrogens is 1. The lowest BCUT2D eigenvalue weighted by molar-refractivity contribution is 0.0844. The largest absolute Gasteiger partial charge is 0.373 e. The van der Waals surface area contributed by atoms with Crippen LogP contribution >= 0.6 is 0 Å². The first-order valence-electron chi connectivity index (χ1n) is 6.79. The molecule has 2 N–H and O–H groups in total. The van der Waals surface area contributed by atoms with Crippen LogP contribution in [0.2, 0.25) is 0 Å². The van der Waals surface area contributed by atoms with E-state index < -0.39 is 0 Å². The highest BCUT2D eigenvalue weighted by Gasteiger charge is 2.29. The summed E-state index contributed by atoms with van der Waals surface area (Å²) < 4.78 is 5.80. The SMILES string of the molecule is O=C(NC[C@@H]1CCO[C@H]1c1ccccc1)c1ccn[nH]1. The zero-order chi connectivity index (χ0) is 13.8. The summed E-state index contributed by atoms with van der Waals surface area (Å²) in [6.07, 6.45) is 2.60. The molecular formula is C15H17N3O2. The second-order valence-electron chi connectivity index (χ2n) is 4.93. The van der Waals surface area contributed by atoms with E-state index in [1.54, 1.807) is 12.3 Å². The van der Waals surface area contributed by atoms with Crippen molar-refractivity contribution in [3.63, 3.8) is 0 Å². The van der Waals surface area contributed by atoms with Crippen molar-refractivity contribution in [3.8, 4) is 0 Å². The number of hydrogen-bond donors (Lipinski definition) is 2. The minimum atomic E-state index is -0.124. The maximum Gasteiger partial charge on any atom is 0.269 e. The summed E-state index contributed by atoms with van der Waals surface area (Å²) in [7, 11) is 0. The van der Waals surface area contributed by atoms with E-state index in [1.807, 2.05) is 18.2 Å². The Labute approximate surface area is 117 Å². The first-order valence-corrected chi connectivity index (χ1v) is 6.79. The minimum absolute atomic E-state index is 0.0678. The predicted molar refractivity (Wildman–Crippen MR) is 74.2 cm³/mol. The van der Waals surface area contributed by atoms with E-state index in [-0.39, 0.29) is 12.0 Å². The Kier molecular flexibility index (Phi) is 3.78. The summed E-state index contributed by atoms with van der Waals surface area (Å²) >= 11 is 0. The molecule has 0 spiro atoms. The Bertz CT molecular complexity index is 554. The lowest BCUT2D eigenvalue weighted by atomic mass is 9.95. The fourth-order valence-electron chi connectivity index (χ4n) is 2.56. The first kappa shape index (κ1) is 12.9. The van der Waals surface area contributed by atoms with Gasteiger partial charge in [-0.2, -0.15) is 5.10 Å². The molecule has 1 saturated heterocycles. The molecule has 0 bridgehead atoms. The number of aromatic nitrogens is 2. The summed E-state index contributed by atoms with van der Waals surface area (Å²) in [5, 5.41) is 9.37. The van der Waals surface area contributed by atoms with Crippen LogP contribution in [-0.2, 0) is 4.74 Å². The number of nitrogens with one attached hydrogen (secondary N) is 2. The molecule has 1 aromatic carbocycles. The molecule has 5 heteroatoms. The van der Waals surface area contributed by atoms with Crippen LogP contribution in [0.1, 0.15) is 28.6 Å². The maximum absolute atomic E-state index is 11.9. The van der Waals surface area contributed by atoms with Crippen LogP contribution in [0.15, 0.2) is 42.6 Å². The van der Waals surface area contributed by atoms with E-state index in [0.29, 0.717) is 18.2 Å². The smallest absolute Gasteiger partial charge is 0.269 e. The monoisotopic (exact) mass is 271 g/mol. The van der Waals surface area contributed by atoms with Gasteiger partial charge >= 0.3 is 0 Å². The van der Waals surface area contributed by atoms with Crippen LogP contribution in [0.3, 0.4) is 0 Å². The van der Waals surface area contributed by atoms with Crippen molar-refractivity contribution in [3.05, 3.63) is 53.9 Å². The van der Waals surface area contributed by atoms with Gasteiger partial charge in [-0.1, -0.05) is 30.3 Å². The molecule has 2 atom stereocenters. The number of amides is 1. The van der Waals surface area contributed by atoms with Crippen LogP contribution in [0, 0.1) is 5.92 Å². The van der Waals surface area contributed by atoms with Crippen molar-refractivity contribution >= 4 is 5.91 Å². The average Bonchev–Trinajstić information content (AvgIpc) is 3.17. The summed E-state index contributed by atoms with van der Waals surface area (Å²) in [6.45, 7) is 1.35. The van der Waals surface area contributed by atoms with Crippen LogP contribution in [0.25, 0.3) is 0 Å². The maximum atomic E-state index is 11.9. The number of benzene rings is 1. The molecule has 1 aliphatic rings. The van der Waals surface area contributed by atoms with Gasteiger partial charge in [0.05, 0.1) is 6.10 Å². The van der Waals surface area contributed by atoms with Crippen molar-refractivity contribution < 1.29 is 9.53 Å². The number of hydrogen-bond acceptors (Lipinski definition) is 3. The molecule has 3 rings (SSSR count). The van der Waals surface area contributed by atoms with Gasteiger partial charge in [0.15, 0.2) is 0 Å². The molecule has 5 nitrogen and oxygen atoms in total. The van der Waals surface area contributed by atoms with Crippen molar-refractivity contribution in [2.24, 2.45) is 5.92 Å². The molecule has 2 aromatic rings. The molecule has 20 heavy (non-hydrogen) atoms. The molecule has 0 unspecified atom stereocenters. The standard InChI is InChI=1S/C15H17N3O2/c19-15(13-6-8-17-18-13)16-10-12-7-9-20-14(12)11-4-2-1-3-5-11/h1-6,8,12,14H,7,9-10H2,(H,16,19)(H,17,18)/t12-,14-/m0/s1. The zero-order valence-electron chi connectivity index (χ0n) is 11.1. The molecule has 0 aliphatic carbocycles. The van der Waals surface area contributed by atoms with Gasteiger partial charge in [-0.15, -0.1) is 0 Å². The number of ether oxygens (including phenoxy) is 1. The van der Waals surface area contributed by atoms with Crippen molar-refractivity contribution in [2.45, 2.75) is 12.5 Å². The summed E-state index contributed by atoms with van der Waals surface area (Å²) in [4.78, 5) is 11.9. The number of nitrogens with zero attached hydrogens (tertiary/aromatic N) is 1. The van der Waals surface area contributed by atoms with Gasteiger partial charge in [-0.25, -0.2) is 0 Å². The Hall–Kier alpha value is -2.14. The Morgan fingerprint density at radius 3 is 2.95 bits per heavy atom. The number of carbonyl (C=O) groups is 1. The highest BCUT2D eigenvalue weighted by atomic mass is 16.5. The lowest BCUT2D eigenvalue weighted by Crippen LogP contribution is -2.30. The Morgan fingerprint density at radius 1 is 1.35 bits per heavy atom. The third kappa shape index (κ3) is 2.72. The van der Waals surface area contributed by atoms with E-state index in [4.69, 9.17) is 4.74 Å². The van der Waals surface area contributed by atoms with Gasteiger partial charge in [0.1, 0.15) is 5.69 Å². The van der Waals surface area contributed by atoms with Gasteiger partial charge in [0.2, 0.25) is 0 Å². The van der Waals surface area contributed by atoms with Crippen LogP contribution in [0.5, 0.6) is 0 Å². The van der Waals surface area contributed by atoms with Crippen LogP contribution in [0.4, 0.5) is 0 Å². The molecule has 1 amide bonds.